The predicted molar refractivity (Wildman–Crippen MR) is 85.4 cm³/mol. The first kappa shape index (κ1) is 14.5. The number of nitrogens with two attached hydrogens (primary N) is 1. The summed E-state index contributed by atoms with van der Waals surface area (Å²) in [5.41, 5.74) is 8.32. The van der Waals surface area contributed by atoms with E-state index in [0.29, 0.717) is 18.4 Å². The number of para-hydroxylation sites is 2. The Kier molecular flexibility index (Phi) is 4.56. The van der Waals surface area contributed by atoms with Crippen molar-refractivity contribution in [1.82, 2.24) is 9.55 Å². The summed E-state index contributed by atoms with van der Waals surface area (Å²) in [6, 6.07) is 8.39. The average molecular weight is 287 g/mol. The summed E-state index contributed by atoms with van der Waals surface area (Å²) in [7, 11) is 1.75. The van der Waals surface area contributed by atoms with Gasteiger partial charge in [0, 0.05) is 19.6 Å². The molecule has 4 nitrogen and oxygen atoms in total. The highest BCUT2D eigenvalue weighted by Crippen LogP contribution is 2.37. The van der Waals surface area contributed by atoms with Crippen LogP contribution in [-0.4, -0.2) is 29.8 Å². The lowest BCUT2D eigenvalue weighted by Crippen LogP contribution is -2.27. The smallest absolute Gasteiger partial charge is 0.113 e. The van der Waals surface area contributed by atoms with Gasteiger partial charge in [-0.05, 0) is 37.4 Å². The number of rotatable bonds is 5. The Morgan fingerprint density at radius 2 is 2.10 bits per heavy atom. The van der Waals surface area contributed by atoms with Crippen molar-refractivity contribution < 1.29 is 4.74 Å². The van der Waals surface area contributed by atoms with E-state index in [0.717, 1.165) is 18.6 Å². The fourth-order valence-electron chi connectivity index (χ4n) is 3.62. The largest absolute Gasteiger partial charge is 0.383 e. The van der Waals surface area contributed by atoms with Crippen LogP contribution in [0.5, 0.6) is 0 Å². The van der Waals surface area contributed by atoms with Gasteiger partial charge in [0.2, 0.25) is 0 Å². The van der Waals surface area contributed by atoms with Gasteiger partial charge in [-0.2, -0.15) is 0 Å². The van der Waals surface area contributed by atoms with Gasteiger partial charge in [0.15, 0.2) is 0 Å². The number of ether oxygens (including phenoxy) is 1. The summed E-state index contributed by atoms with van der Waals surface area (Å²) >= 11 is 0. The van der Waals surface area contributed by atoms with Crippen molar-refractivity contribution >= 4 is 11.0 Å². The molecule has 1 aromatic heterocycles. The summed E-state index contributed by atoms with van der Waals surface area (Å²) in [5.74, 6) is 2.27. The van der Waals surface area contributed by atoms with Gasteiger partial charge in [-0.1, -0.05) is 25.0 Å². The zero-order chi connectivity index (χ0) is 14.7. The van der Waals surface area contributed by atoms with Crippen molar-refractivity contribution in [3.05, 3.63) is 30.1 Å². The van der Waals surface area contributed by atoms with Crippen LogP contribution in [0.2, 0.25) is 0 Å². The van der Waals surface area contributed by atoms with Gasteiger partial charge in [0.05, 0.1) is 17.6 Å². The topological polar surface area (TPSA) is 53.1 Å². The van der Waals surface area contributed by atoms with Gasteiger partial charge >= 0.3 is 0 Å². The molecule has 0 spiro atoms. The van der Waals surface area contributed by atoms with Crippen LogP contribution in [0.25, 0.3) is 11.0 Å². The Morgan fingerprint density at radius 1 is 1.29 bits per heavy atom. The van der Waals surface area contributed by atoms with Gasteiger partial charge in [-0.25, -0.2) is 4.98 Å². The first-order valence-electron chi connectivity index (χ1n) is 7.99. The molecule has 0 aliphatic heterocycles. The van der Waals surface area contributed by atoms with E-state index in [2.05, 4.69) is 28.8 Å². The third-order valence-corrected chi connectivity index (χ3v) is 4.75. The quantitative estimate of drug-likeness (QED) is 0.920. The zero-order valence-corrected chi connectivity index (χ0v) is 12.8. The first-order valence-corrected chi connectivity index (χ1v) is 7.99. The molecule has 1 aromatic carbocycles. The molecule has 4 heteroatoms. The minimum Gasteiger partial charge on any atom is -0.383 e. The fourth-order valence-corrected chi connectivity index (χ4v) is 3.62. The van der Waals surface area contributed by atoms with Gasteiger partial charge < -0.3 is 15.0 Å². The highest BCUT2D eigenvalue weighted by Gasteiger charge is 2.29. The van der Waals surface area contributed by atoms with E-state index in [4.69, 9.17) is 15.5 Å². The van der Waals surface area contributed by atoms with E-state index >= 15 is 0 Å². The van der Waals surface area contributed by atoms with Crippen molar-refractivity contribution in [2.75, 3.05) is 20.3 Å². The van der Waals surface area contributed by atoms with E-state index < -0.39 is 0 Å². The normalized spacial score (nSPS) is 22.8. The molecule has 114 valence electrons. The Labute approximate surface area is 126 Å². The molecule has 0 radical (unpaired) electrons. The van der Waals surface area contributed by atoms with Crippen molar-refractivity contribution in [1.29, 1.82) is 0 Å². The maximum atomic E-state index is 6.01. The Bertz CT molecular complexity index is 593. The Balaban J connectivity index is 2.02. The molecule has 0 saturated heterocycles. The third-order valence-electron chi connectivity index (χ3n) is 4.75. The van der Waals surface area contributed by atoms with Crippen molar-refractivity contribution in [2.45, 2.75) is 38.1 Å². The maximum absolute atomic E-state index is 6.01. The molecular formula is C17H25N3O. The molecule has 2 N–H and O–H groups in total. The van der Waals surface area contributed by atoms with Crippen molar-refractivity contribution in [3.63, 3.8) is 0 Å². The van der Waals surface area contributed by atoms with Crippen molar-refractivity contribution in [2.24, 2.45) is 11.7 Å². The molecule has 1 heterocycles. The lowest BCUT2D eigenvalue weighted by molar-refractivity contribution is 0.185. The standard InChI is InChI=1S/C17H25N3O/c1-21-11-10-20-16-9-5-4-8-15(16)19-17(20)14-7-3-2-6-13(14)12-18/h4-5,8-9,13-14H,2-3,6-7,10-12,18H2,1H3. The number of nitrogens with zero attached hydrogens (tertiary/aromatic N) is 2. The second-order valence-corrected chi connectivity index (χ2v) is 5.99. The van der Waals surface area contributed by atoms with Crippen LogP contribution in [0.15, 0.2) is 24.3 Å². The molecule has 1 aliphatic rings. The van der Waals surface area contributed by atoms with E-state index in [9.17, 15) is 0 Å². The van der Waals surface area contributed by atoms with E-state index in [-0.39, 0.29) is 0 Å². The molecule has 0 bridgehead atoms. The number of imidazole rings is 1. The predicted octanol–water partition coefficient (Wildman–Crippen LogP) is 2.92. The SMILES string of the molecule is COCCn1c(C2CCCCC2CN)nc2ccccc21. The van der Waals surface area contributed by atoms with Crippen LogP contribution in [0.4, 0.5) is 0 Å². The maximum Gasteiger partial charge on any atom is 0.113 e. The molecule has 1 fully saturated rings. The van der Waals surface area contributed by atoms with Gasteiger partial charge in [0.1, 0.15) is 5.82 Å². The fraction of sp³-hybridized carbons (Fsp3) is 0.588. The summed E-state index contributed by atoms with van der Waals surface area (Å²) in [5, 5.41) is 0. The van der Waals surface area contributed by atoms with Crippen LogP contribution in [-0.2, 0) is 11.3 Å². The molecule has 0 amide bonds. The molecule has 1 saturated carbocycles. The zero-order valence-electron chi connectivity index (χ0n) is 12.8. The molecule has 3 rings (SSSR count). The molecule has 2 unspecified atom stereocenters. The number of benzene rings is 1. The lowest BCUT2D eigenvalue weighted by Gasteiger charge is -2.30. The van der Waals surface area contributed by atoms with Crippen LogP contribution in [0.3, 0.4) is 0 Å². The molecule has 2 atom stereocenters. The van der Waals surface area contributed by atoms with Crippen LogP contribution < -0.4 is 5.73 Å². The number of aromatic nitrogens is 2. The summed E-state index contributed by atoms with van der Waals surface area (Å²) < 4.78 is 7.63. The Hall–Kier alpha value is -1.39. The monoisotopic (exact) mass is 287 g/mol. The van der Waals surface area contributed by atoms with E-state index in [1.165, 1.54) is 37.0 Å². The van der Waals surface area contributed by atoms with Gasteiger partial charge in [0.25, 0.3) is 0 Å². The average Bonchev–Trinajstić information content (AvgIpc) is 2.91. The van der Waals surface area contributed by atoms with Crippen LogP contribution >= 0.6 is 0 Å². The van der Waals surface area contributed by atoms with E-state index in [1.54, 1.807) is 7.11 Å². The molecule has 21 heavy (non-hydrogen) atoms. The molecule has 2 aromatic rings. The van der Waals surface area contributed by atoms with E-state index in [1.807, 2.05) is 0 Å². The number of hydrogen-bond donors (Lipinski definition) is 1. The first-order chi connectivity index (χ1) is 10.3. The Morgan fingerprint density at radius 3 is 2.90 bits per heavy atom. The van der Waals surface area contributed by atoms with Crippen molar-refractivity contribution in [3.8, 4) is 0 Å². The minimum absolute atomic E-state index is 0.494. The minimum atomic E-state index is 0.494. The second kappa shape index (κ2) is 6.58. The highest BCUT2D eigenvalue weighted by molar-refractivity contribution is 5.76. The van der Waals surface area contributed by atoms with Crippen LogP contribution in [0.1, 0.15) is 37.4 Å². The number of fused-ring (bicyclic) bond motifs is 1. The van der Waals surface area contributed by atoms with Crippen LogP contribution in [0, 0.1) is 5.92 Å². The number of methoxy groups -OCH3 is 1. The summed E-state index contributed by atoms with van der Waals surface area (Å²) in [4.78, 5) is 4.94. The molecule has 1 aliphatic carbocycles. The highest BCUT2D eigenvalue weighted by atomic mass is 16.5. The third kappa shape index (κ3) is 2.83. The second-order valence-electron chi connectivity index (χ2n) is 5.99. The molecular weight excluding hydrogens is 262 g/mol. The summed E-state index contributed by atoms with van der Waals surface area (Å²) in [6.07, 6.45) is 5.03. The number of hydrogen-bond acceptors (Lipinski definition) is 3. The lowest BCUT2D eigenvalue weighted by atomic mass is 9.78. The van der Waals surface area contributed by atoms with Gasteiger partial charge in [-0.15, -0.1) is 0 Å². The summed E-state index contributed by atoms with van der Waals surface area (Å²) in [6.45, 7) is 2.34. The van der Waals surface area contributed by atoms with Gasteiger partial charge in [-0.3, -0.25) is 0 Å².